The van der Waals surface area contributed by atoms with Crippen LogP contribution in [0.2, 0.25) is 0 Å². The normalized spacial score (nSPS) is 22.7. The van der Waals surface area contributed by atoms with E-state index in [-0.39, 0.29) is 6.09 Å². The third-order valence-corrected chi connectivity index (χ3v) is 2.48. The molecule has 0 aromatic rings. The van der Waals surface area contributed by atoms with Crippen molar-refractivity contribution in [1.82, 2.24) is 10.2 Å². The molecule has 0 saturated carbocycles. The van der Waals surface area contributed by atoms with E-state index >= 15 is 0 Å². The van der Waals surface area contributed by atoms with Gasteiger partial charge in [-0.3, -0.25) is 0 Å². The number of hydrogen-bond donors (Lipinski definition) is 2. The van der Waals surface area contributed by atoms with Gasteiger partial charge >= 0.3 is 6.09 Å². The van der Waals surface area contributed by atoms with Gasteiger partial charge in [-0.1, -0.05) is 0 Å². The Morgan fingerprint density at radius 3 is 2.87 bits per heavy atom. The minimum absolute atomic E-state index is 0.265. The molecule has 1 heterocycles. The largest absolute Gasteiger partial charge is 0.442 e. The van der Waals surface area contributed by atoms with Crippen LogP contribution in [0.5, 0.6) is 0 Å². The lowest BCUT2D eigenvalue weighted by molar-refractivity contribution is 0.0145. The van der Waals surface area contributed by atoms with Crippen molar-refractivity contribution in [3.63, 3.8) is 0 Å². The molecule has 3 N–H and O–H groups in total. The number of rotatable bonds is 2. The van der Waals surface area contributed by atoms with Gasteiger partial charge < -0.3 is 20.7 Å². The summed E-state index contributed by atoms with van der Waals surface area (Å²) >= 11 is 0. The van der Waals surface area contributed by atoms with Crippen LogP contribution in [0.3, 0.4) is 0 Å². The van der Waals surface area contributed by atoms with Gasteiger partial charge in [0.1, 0.15) is 5.60 Å². The van der Waals surface area contributed by atoms with Crippen LogP contribution in [0.25, 0.3) is 0 Å². The monoisotopic (exact) mass is 215 g/mol. The van der Waals surface area contributed by atoms with Crippen molar-refractivity contribution in [1.29, 1.82) is 0 Å². The summed E-state index contributed by atoms with van der Waals surface area (Å²) in [5, 5.41) is 3.27. The summed E-state index contributed by atoms with van der Waals surface area (Å²) in [4.78, 5) is 13.5. The first-order chi connectivity index (χ1) is 6.94. The summed E-state index contributed by atoms with van der Waals surface area (Å²) in [5.74, 6) is 0. The van der Waals surface area contributed by atoms with Crippen molar-refractivity contribution >= 4 is 6.09 Å². The van der Waals surface area contributed by atoms with Gasteiger partial charge in [0.2, 0.25) is 0 Å². The molecule has 1 aliphatic rings. The SMILES string of the molecule is C[C@@H]1CN(C(=O)OC(C)(C)CN)CCN1. The number of nitrogens with zero attached hydrogens (tertiary/aromatic N) is 1. The highest BCUT2D eigenvalue weighted by Gasteiger charge is 2.27. The first-order valence-corrected chi connectivity index (χ1v) is 5.36. The van der Waals surface area contributed by atoms with Gasteiger partial charge in [-0.25, -0.2) is 4.79 Å². The average Bonchev–Trinajstić information content (AvgIpc) is 2.17. The lowest BCUT2D eigenvalue weighted by atomic mass is 10.1. The molecular formula is C10H21N3O2. The topological polar surface area (TPSA) is 67.6 Å². The zero-order chi connectivity index (χ0) is 11.5. The van der Waals surface area contributed by atoms with E-state index in [1.54, 1.807) is 4.90 Å². The van der Waals surface area contributed by atoms with E-state index in [2.05, 4.69) is 5.32 Å². The molecule has 0 spiro atoms. The Morgan fingerprint density at radius 1 is 1.67 bits per heavy atom. The van der Waals surface area contributed by atoms with E-state index in [1.165, 1.54) is 0 Å². The Morgan fingerprint density at radius 2 is 2.33 bits per heavy atom. The first-order valence-electron chi connectivity index (χ1n) is 5.36. The number of hydrogen-bond acceptors (Lipinski definition) is 4. The molecule has 1 atom stereocenters. The van der Waals surface area contributed by atoms with Crippen LogP contribution in [-0.2, 0) is 4.74 Å². The Hall–Kier alpha value is -0.810. The van der Waals surface area contributed by atoms with Crippen molar-refractivity contribution in [2.24, 2.45) is 5.73 Å². The molecule has 0 aromatic carbocycles. The smallest absolute Gasteiger partial charge is 0.410 e. The Balaban J connectivity index is 2.46. The van der Waals surface area contributed by atoms with Gasteiger partial charge in [-0.05, 0) is 20.8 Å². The number of piperazine rings is 1. The summed E-state index contributed by atoms with van der Waals surface area (Å²) in [6.07, 6.45) is -0.265. The molecule has 0 aromatic heterocycles. The standard InChI is InChI=1S/C10H21N3O2/c1-8-6-13(5-4-12-8)9(14)15-10(2,3)7-11/h8,12H,4-7,11H2,1-3H3/t8-/m1/s1. The molecule has 1 amide bonds. The lowest BCUT2D eigenvalue weighted by Crippen LogP contribution is -2.53. The predicted octanol–water partition coefficient (Wildman–Crippen LogP) is 0.154. The van der Waals surface area contributed by atoms with Crippen LogP contribution < -0.4 is 11.1 Å². The number of amides is 1. The fraction of sp³-hybridized carbons (Fsp3) is 0.900. The maximum atomic E-state index is 11.7. The van der Waals surface area contributed by atoms with Gasteiger partial charge in [0.25, 0.3) is 0 Å². The maximum absolute atomic E-state index is 11.7. The number of ether oxygens (including phenoxy) is 1. The highest BCUT2D eigenvalue weighted by Crippen LogP contribution is 2.10. The number of carbonyl (C=O) groups excluding carboxylic acids is 1. The third kappa shape index (κ3) is 3.68. The van der Waals surface area contributed by atoms with Gasteiger partial charge in [0.05, 0.1) is 0 Å². The summed E-state index contributed by atoms with van der Waals surface area (Å²) in [5.41, 5.74) is 4.93. The molecule has 0 unspecified atom stereocenters. The second kappa shape index (κ2) is 4.81. The van der Waals surface area contributed by atoms with E-state index in [4.69, 9.17) is 10.5 Å². The quantitative estimate of drug-likeness (QED) is 0.688. The highest BCUT2D eigenvalue weighted by atomic mass is 16.6. The minimum atomic E-state index is -0.578. The maximum Gasteiger partial charge on any atom is 0.410 e. The average molecular weight is 215 g/mol. The summed E-state index contributed by atoms with van der Waals surface area (Å²) in [6.45, 7) is 8.23. The third-order valence-electron chi connectivity index (χ3n) is 2.48. The zero-order valence-electron chi connectivity index (χ0n) is 9.75. The molecule has 1 saturated heterocycles. The van der Waals surface area contributed by atoms with Crippen LogP contribution in [0.1, 0.15) is 20.8 Å². The molecule has 15 heavy (non-hydrogen) atoms. The lowest BCUT2D eigenvalue weighted by Gasteiger charge is -2.34. The van der Waals surface area contributed by atoms with Crippen molar-refractivity contribution in [3.8, 4) is 0 Å². The molecule has 1 aliphatic heterocycles. The minimum Gasteiger partial charge on any atom is -0.442 e. The predicted molar refractivity (Wildman–Crippen MR) is 58.7 cm³/mol. The van der Waals surface area contributed by atoms with Crippen LogP contribution >= 0.6 is 0 Å². The van der Waals surface area contributed by atoms with Crippen molar-refractivity contribution in [2.75, 3.05) is 26.2 Å². The Kier molecular flexibility index (Phi) is 3.93. The van der Waals surface area contributed by atoms with Crippen LogP contribution in [-0.4, -0.2) is 48.8 Å². The number of nitrogens with two attached hydrogens (primary N) is 1. The second-order valence-corrected chi connectivity index (χ2v) is 4.63. The van der Waals surface area contributed by atoms with Crippen LogP contribution in [0, 0.1) is 0 Å². The molecule has 1 rings (SSSR count). The van der Waals surface area contributed by atoms with E-state index in [0.717, 1.165) is 6.54 Å². The number of carbonyl (C=O) groups is 1. The van der Waals surface area contributed by atoms with Crippen molar-refractivity contribution in [3.05, 3.63) is 0 Å². The van der Waals surface area contributed by atoms with Crippen molar-refractivity contribution in [2.45, 2.75) is 32.4 Å². The molecule has 0 bridgehead atoms. The fourth-order valence-corrected chi connectivity index (χ4v) is 1.44. The van der Waals surface area contributed by atoms with Gasteiger partial charge in [0.15, 0.2) is 0 Å². The number of nitrogens with one attached hydrogen (secondary N) is 1. The summed E-state index contributed by atoms with van der Waals surface area (Å²) < 4.78 is 5.31. The molecule has 1 fully saturated rings. The van der Waals surface area contributed by atoms with E-state index in [0.29, 0.717) is 25.7 Å². The molecule has 5 heteroatoms. The van der Waals surface area contributed by atoms with Crippen molar-refractivity contribution < 1.29 is 9.53 Å². The van der Waals surface area contributed by atoms with Gasteiger partial charge in [-0.15, -0.1) is 0 Å². The molecule has 5 nitrogen and oxygen atoms in total. The zero-order valence-corrected chi connectivity index (χ0v) is 9.75. The van der Waals surface area contributed by atoms with E-state index in [1.807, 2.05) is 20.8 Å². The van der Waals surface area contributed by atoms with Gasteiger partial charge in [-0.2, -0.15) is 0 Å². The molecular weight excluding hydrogens is 194 g/mol. The second-order valence-electron chi connectivity index (χ2n) is 4.63. The van der Waals surface area contributed by atoms with Gasteiger partial charge in [0, 0.05) is 32.2 Å². The Bertz CT molecular complexity index is 231. The Labute approximate surface area is 90.9 Å². The summed E-state index contributed by atoms with van der Waals surface area (Å²) in [7, 11) is 0. The summed E-state index contributed by atoms with van der Waals surface area (Å²) in [6, 6.07) is 0.326. The fourth-order valence-electron chi connectivity index (χ4n) is 1.44. The first kappa shape index (κ1) is 12.3. The molecule has 88 valence electrons. The van der Waals surface area contributed by atoms with Crippen LogP contribution in [0.4, 0.5) is 4.79 Å². The molecule has 0 radical (unpaired) electrons. The molecule has 0 aliphatic carbocycles. The highest BCUT2D eigenvalue weighted by molar-refractivity contribution is 5.68. The van der Waals surface area contributed by atoms with E-state index in [9.17, 15) is 4.79 Å². The van der Waals surface area contributed by atoms with Crippen LogP contribution in [0.15, 0.2) is 0 Å². The van der Waals surface area contributed by atoms with E-state index < -0.39 is 5.60 Å².